The molecule has 0 bridgehead atoms. The van der Waals surface area contributed by atoms with Gasteiger partial charge < -0.3 is 15.8 Å². The van der Waals surface area contributed by atoms with Crippen LogP contribution in [0.15, 0.2) is 0 Å². The minimum Gasteiger partial charge on any atom is -0.381 e. The van der Waals surface area contributed by atoms with E-state index >= 15 is 0 Å². The second-order valence-corrected chi connectivity index (χ2v) is 3.83. The molecule has 0 heterocycles. The average Bonchev–Trinajstić information content (AvgIpc) is 2.62. The number of nitrogens with one attached hydrogen (secondary N) is 1. The zero-order valence-electron chi connectivity index (χ0n) is 8.79. The van der Waals surface area contributed by atoms with Gasteiger partial charge in [-0.15, -0.1) is 0 Å². The van der Waals surface area contributed by atoms with Crippen LogP contribution < -0.4 is 11.1 Å². The molecule has 4 nitrogen and oxygen atoms in total. The second kappa shape index (κ2) is 5.98. The molecule has 3 N–H and O–H groups in total. The van der Waals surface area contributed by atoms with Crippen molar-refractivity contribution >= 4 is 5.91 Å². The van der Waals surface area contributed by atoms with Crippen molar-refractivity contribution in [2.75, 3.05) is 13.7 Å². The average molecular weight is 200 g/mol. The zero-order chi connectivity index (χ0) is 10.4. The van der Waals surface area contributed by atoms with E-state index < -0.39 is 0 Å². The fraction of sp³-hybridized carbons (Fsp3) is 0.900. The maximum absolute atomic E-state index is 11.3. The molecule has 0 aliphatic heterocycles. The third-order valence-electron chi connectivity index (χ3n) is 2.69. The molecule has 1 aliphatic rings. The molecule has 2 atom stereocenters. The lowest BCUT2D eigenvalue weighted by Gasteiger charge is -2.12. The molecule has 2 unspecified atom stereocenters. The van der Waals surface area contributed by atoms with Crippen LogP contribution in [-0.2, 0) is 9.53 Å². The van der Waals surface area contributed by atoms with Crippen LogP contribution in [0.4, 0.5) is 0 Å². The third-order valence-corrected chi connectivity index (χ3v) is 2.69. The Morgan fingerprint density at radius 2 is 2.36 bits per heavy atom. The summed E-state index contributed by atoms with van der Waals surface area (Å²) < 4.78 is 5.23. The van der Waals surface area contributed by atoms with Crippen molar-refractivity contribution in [1.29, 1.82) is 0 Å². The highest BCUT2D eigenvalue weighted by Gasteiger charge is 2.25. The van der Waals surface area contributed by atoms with Crippen LogP contribution in [0.2, 0.25) is 0 Å². The first-order valence-corrected chi connectivity index (χ1v) is 5.28. The molecule has 0 aromatic rings. The van der Waals surface area contributed by atoms with Crippen LogP contribution in [0.25, 0.3) is 0 Å². The molecule has 0 spiro atoms. The lowest BCUT2D eigenvalue weighted by atomic mass is 10.2. The normalized spacial score (nSPS) is 26.4. The Hall–Kier alpha value is -0.610. The first-order chi connectivity index (χ1) is 6.76. The smallest absolute Gasteiger partial charge is 0.220 e. The minimum atomic E-state index is 0.122. The summed E-state index contributed by atoms with van der Waals surface area (Å²) in [6.45, 7) is 0.582. The highest BCUT2D eigenvalue weighted by atomic mass is 16.5. The molecule has 1 amide bonds. The molecule has 82 valence electrons. The second-order valence-electron chi connectivity index (χ2n) is 3.83. The van der Waals surface area contributed by atoms with Crippen LogP contribution in [0.5, 0.6) is 0 Å². The summed E-state index contributed by atoms with van der Waals surface area (Å²) in [4.78, 5) is 11.3. The van der Waals surface area contributed by atoms with Crippen molar-refractivity contribution in [2.24, 2.45) is 5.73 Å². The van der Waals surface area contributed by atoms with Gasteiger partial charge in [0, 0.05) is 19.6 Å². The van der Waals surface area contributed by atoms with Crippen LogP contribution in [0, 0.1) is 0 Å². The first kappa shape index (κ1) is 11.5. The number of carbonyl (C=O) groups excluding carboxylic acids is 1. The Bertz CT molecular complexity index is 185. The van der Waals surface area contributed by atoms with Crippen molar-refractivity contribution in [1.82, 2.24) is 5.32 Å². The number of nitrogens with two attached hydrogens (primary N) is 1. The van der Waals surface area contributed by atoms with Gasteiger partial charge in [-0.05, 0) is 32.2 Å². The van der Waals surface area contributed by atoms with Crippen molar-refractivity contribution in [3.05, 3.63) is 0 Å². The zero-order valence-corrected chi connectivity index (χ0v) is 8.79. The maximum Gasteiger partial charge on any atom is 0.220 e. The fourth-order valence-electron chi connectivity index (χ4n) is 1.85. The highest BCUT2D eigenvalue weighted by molar-refractivity contribution is 5.76. The van der Waals surface area contributed by atoms with Crippen molar-refractivity contribution in [3.63, 3.8) is 0 Å². The lowest BCUT2D eigenvalue weighted by molar-refractivity contribution is -0.121. The van der Waals surface area contributed by atoms with Crippen LogP contribution in [0.3, 0.4) is 0 Å². The van der Waals surface area contributed by atoms with Crippen LogP contribution in [-0.4, -0.2) is 31.7 Å². The van der Waals surface area contributed by atoms with Gasteiger partial charge in [0.25, 0.3) is 0 Å². The quantitative estimate of drug-likeness (QED) is 0.675. The van der Waals surface area contributed by atoms with E-state index in [0.717, 1.165) is 25.7 Å². The number of hydrogen-bond donors (Lipinski definition) is 2. The first-order valence-electron chi connectivity index (χ1n) is 5.28. The Morgan fingerprint density at radius 1 is 1.57 bits per heavy atom. The van der Waals surface area contributed by atoms with Crippen LogP contribution in [0.1, 0.15) is 32.1 Å². The highest BCUT2D eigenvalue weighted by Crippen LogP contribution is 2.21. The number of methoxy groups -OCH3 is 1. The fourth-order valence-corrected chi connectivity index (χ4v) is 1.85. The Balaban J connectivity index is 2.15. The predicted molar refractivity (Wildman–Crippen MR) is 54.9 cm³/mol. The largest absolute Gasteiger partial charge is 0.381 e. The number of amides is 1. The molecule has 0 radical (unpaired) electrons. The lowest BCUT2D eigenvalue weighted by Crippen LogP contribution is -2.33. The number of ether oxygens (including phenoxy) is 1. The summed E-state index contributed by atoms with van der Waals surface area (Å²) in [5.74, 6) is 0.122. The number of hydrogen-bond acceptors (Lipinski definition) is 3. The van der Waals surface area contributed by atoms with Gasteiger partial charge in [0.05, 0.1) is 6.10 Å². The van der Waals surface area contributed by atoms with Gasteiger partial charge in [0.2, 0.25) is 5.91 Å². The Morgan fingerprint density at radius 3 is 2.93 bits per heavy atom. The van der Waals surface area contributed by atoms with E-state index in [0.29, 0.717) is 25.1 Å². The van der Waals surface area contributed by atoms with Gasteiger partial charge in [-0.3, -0.25) is 4.79 Å². The molecule has 1 rings (SSSR count). The number of rotatable bonds is 5. The Kier molecular flexibility index (Phi) is 4.90. The summed E-state index contributed by atoms with van der Waals surface area (Å²) in [7, 11) is 1.73. The maximum atomic E-state index is 11.3. The summed E-state index contributed by atoms with van der Waals surface area (Å²) >= 11 is 0. The van der Waals surface area contributed by atoms with E-state index in [2.05, 4.69) is 5.32 Å². The monoisotopic (exact) mass is 200 g/mol. The van der Waals surface area contributed by atoms with Gasteiger partial charge >= 0.3 is 0 Å². The van der Waals surface area contributed by atoms with E-state index in [1.165, 1.54) is 0 Å². The molecule has 14 heavy (non-hydrogen) atoms. The van der Waals surface area contributed by atoms with E-state index in [9.17, 15) is 4.79 Å². The van der Waals surface area contributed by atoms with Crippen molar-refractivity contribution in [3.8, 4) is 0 Å². The number of carbonyl (C=O) groups is 1. The van der Waals surface area contributed by atoms with Crippen molar-refractivity contribution in [2.45, 2.75) is 44.2 Å². The molecule has 0 aromatic carbocycles. The molecule has 1 aliphatic carbocycles. The molecule has 1 saturated carbocycles. The molecule has 0 aromatic heterocycles. The summed E-state index contributed by atoms with van der Waals surface area (Å²) in [5, 5.41) is 3.00. The third kappa shape index (κ3) is 3.64. The van der Waals surface area contributed by atoms with Gasteiger partial charge in [0.15, 0.2) is 0 Å². The van der Waals surface area contributed by atoms with Gasteiger partial charge in [-0.25, -0.2) is 0 Å². The van der Waals surface area contributed by atoms with Crippen LogP contribution >= 0.6 is 0 Å². The van der Waals surface area contributed by atoms with E-state index in [-0.39, 0.29) is 5.91 Å². The predicted octanol–water partition coefficient (Wildman–Crippen LogP) is 0.409. The molecular weight excluding hydrogens is 180 g/mol. The van der Waals surface area contributed by atoms with E-state index in [1.54, 1.807) is 7.11 Å². The molecular formula is C10H20N2O2. The molecule has 1 fully saturated rings. The van der Waals surface area contributed by atoms with Gasteiger partial charge in [-0.1, -0.05) is 0 Å². The summed E-state index contributed by atoms with van der Waals surface area (Å²) in [6, 6.07) is 0.310. The standard InChI is InChI=1S/C10H20N2O2/c1-14-9-5-4-8(7-9)12-10(13)3-2-6-11/h8-9H,2-7,11H2,1H3,(H,12,13). The Labute approximate surface area is 85.2 Å². The molecule has 4 heteroatoms. The van der Waals surface area contributed by atoms with Crippen molar-refractivity contribution < 1.29 is 9.53 Å². The minimum absolute atomic E-state index is 0.122. The topological polar surface area (TPSA) is 64.3 Å². The van der Waals surface area contributed by atoms with Gasteiger partial charge in [0.1, 0.15) is 0 Å². The SMILES string of the molecule is COC1CCC(NC(=O)CCCN)C1. The molecule has 0 saturated heterocycles. The van der Waals surface area contributed by atoms with E-state index in [1.807, 2.05) is 0 Å². The summed E-state index contributed by atoms with van der Waals surface area (Å²) in [5.41, 5.74) is 5.33. The van der Waals surface area contributed by atoms with E-state index in [4.69, 9.17) is 10.5 Å². The van der Waals surface area contributed by atoms with Gasteiger partial charge in [-0.2, -0.15) is 0 Å². The summed E-state index contributed by atoms with van der Waals surface area (Å²) in [6.07, 6.45) is 4.68.